The first-order valence-electron chi connectivity index (χ1n) is 3.88. The highest BCUT2D eigenvalue weighted by Gasteiger charge is 2.04. The van der Waals surface area contributed by atoms with Gasteiger partial charge in [-0.15, -0.1) is 5.10 Å². The minimum Gasteiger partial charge on any atom is -0.203 e. The van der Waals surface area contributed by atoms with E-state index < -0.39 is 0 Å². The number of aromatic nitrogens is 3. The van der Waals surface area contributed by atoms with E-state index in [0.29, 0.717) is 5.69 Å². The first kappa shape index (κ1) is 8.91. The Bertz CT molecular complexity index is 498. The summed E-state index contributed by atoms with van der Waals surface area (Å²) in [6, 6.07) is 9.53. The Morgan fingerprint density at radius 3 is 3.00 bits per heavy atom. The fraction of sp³-hybridized carbons (Fsp3) is 0. The molecule has 0 fully saturated rings. The average Bonchev–Trinajstić information content (AvgIpc) is 2.65. The van der Waals surface area contributed by atoms with Gasteiger partial charge in [-0.1, -0.05) is 27.2 Å². The third-order valence-electron chi connectivity index (χ3n) is 1.72. The molecule has 0 atom stereocenters. The lowest BCUT2D eigenvalue weighted by Crippen LogP contribution is -1.99. The molecule has 0 spiro atoms. The van der Waals surface area contributed by atoms with Crippen LogP contribution < -0.4 is 0 Å². The van der Waals surface area contributed by atoms with Gasteiger partial charge in [0.2, 0.25) is 0 Å². The summed E-state index contributed by atoms with van der Waals surface area (Å²) in [6.45, 7) is 0. The van der Waals surface area contributed by atoms with E-state index in [1.54, 1.807) is 0 Å². The van der Waals surface area contributed by atoms with Crippen LogP contribution in [0, 0.1) is 11.3 Å². The Balaban J connectivity index is 2.56. The third kappa shape index (κ3) is 1.52. The van der Waals surface area contributed by atoms with Gasteiger partial charge in [0.25, 0.3) is 0 Å². The molecule has 0 saturated heterocycles. The van der Waals surface area contributed by atoms with E-state index in [9.17, 15) is 0 Å². The van der Waals surface area contributed by atoms with Crippen LogP contribution in [0.5, 0.6) is 0 Å². The lowest BCUT2D eigenvalue weighted by atomic mass is 10.3. The summed E-state index contributed by atoms with van der Waals surface area (Å²) in [5.74, 6) is 0. The van der Waals surface area contributed by atoms with Crippen molar-refractivity contribution in [2.75, 3.05) is 0 Å². The lowest BCUT2D eigenvalue weighted by Gasteiger charge is -2.00. The van der Waals surface area contributed by atoms with Crippen LogP contribution in [0.2, 0.25) is 0 Å². The minimum atomic E-state index is 0.420. The van der Waals surface area contributed by atoms with Gasteiger partial charge in [0.15, 0.2) is 5.69 Å². The number of hydrogen-bond acceptors (Lipinski definition) is 3. The molecule has 0 aliphatic carbocycles. The van der Waals surface area contributed by atoms with Crippen molar-refractivity contribution < 1.29 is 0 Å². The molecule has 0 amide bonds. The number of nitriles is 1. The topological polar surface area (TPSA) is 54.5 Å². The van der Waals surface area contributed by atoms with E-state index >= 15 is 0 Å². The highest BCUT2D eigenvalue weighted by molar-refractivity contribution is 9.10. The number of nitrogens with zero attached hydrogens (tertiary/aromatic N) is 4. The van der Waals surface area contributed by atoms with Crippen LogP contribution >= 0.6 is 15.9 Å². The molecule has 0 radical (unpaired) electrons. The maximum absolute atomic E-state index is 8.78. The van der Waals surface area contributed by atoms with Gasteiger partial charge >= 0.3 is 0 Å². The van der Waals surface area contributed by atoms with Crippen LogP contribution in [0.15, 0.2) is 34.9 Å². The van der Waals surface area contributed by atoms with Crippen LogP contribution in [-0.4, -0.2) is 15.0 Å². The molecule has 68 valence electrons. The second-order valence-corrected chi connectivity index (χ2v) is 3.54. The van der Waals surface area contributed by atoms with E-state index in [-0.39, 0.29) is 0 Å². The molecule has 0 unspecified atom stereocenters. The van der Waals surface area contributed by atoms with Crippen LogP contribution in [0.3, 0.4) is 0 Å². The van der Waals surface area contributed by atoms with Crippen molar-refractivity contribution in [3.8, 4) is 11.8 Å². The second-order valence-electron chi connectivity index (χ2n) is 2.62. The van der Waals surface area contributed by atoms with Crippen molar-refractivity contribution in [2.45, 2.75) is 0 Å². The highest BCUT2D eigenvalue weighted by Crippen LogP contribution is 2.15. The summed E-state index contributed by atoms with van der Waals surface area (Å²) >= 11 is 3.35. The van der Waals surface area contributed by atoms with Crippen LogP contribution in [0.25, 0.3) is 5.69 Å². The zero-order chi connectivity index (χ0) is 9.97. The van der Waals surface area contributed by atoms with Crippen LogP contribution in [-0.2, 0) is 0 Å². The first-order chi connectivity index (χ1) is 6.81. The summed E-state index contributed by atoms with van der Waals surface area (Å²) < 4.78 is 2.43. The van der Waals surface area contributed by atoms with Crippen LogP contribution in [0.1, 0.15) is 5.69 Å². The van der Waals surface area contributed by atoms with E-state index in [0.717, 1.165) is 10.2 Å². The lowest BCUT2D eigenvalue weighted by molar-refractivity contribution is 0.795. The number of rotatable bonds is 1. The van der Waals surface area contributed by atoms with Gasteiger partial charge in [0.1, 0.15) is 6.07 Å². The summed E-state index contributed by atoms with van der Waals surface area (Å²) in [7, 11) is 0. The molecule has 2 aromatic rings. The van der Waals surface area contributed by atoms with Gasteiger partial charge in [0, 0.05) is 4.47 Å². The predicted octanol–water partition coefficient (Wildman–Crippen LogP) is 1.90. The van der Waals surface area contributed by atoms with Crippen molar-refractivity contribution in [1.29, 1.82) is 5.26 Å². The van der Waals surface area contributed by atoms with Gasteiger partial charge in [-0.3, -0.25) is 0 Å². The number of halogens is 1. The molecule has 0 aliphatic rings. The molecule has 1 aromatic carbocycles. The molecule has 0 aliphatic heterocycles. The zero-order valence-corrected chi connectivity index (χ0v) is 8.64. The van der Waals surface area contributed by atoms with Gasteiger partial charge in [0.05, 0.1) is 11.9 Å². The molecule has 2 rings (SSSR count). The van der Waals surface area contributed by atoms with Crippen molar-refractivity contribution in [1.82, 2.24) is 15.0 Å². The number of benzene rings is 1. The Morgan fingerprint density at radius 1 is 1.43 bits per heavy atom. The second kappa shape index (κ2) is 3.60. The van der Waals surface area contributed by atoms with Crippen molar-refractivity contribution >= 4 is 15.9 Å². The van der Waals surface area contributed by atoms with Crippen molar-refractivity contribution in [3.63, 3.8) is 0 Å². The largest absolute Gasteiger partial charge is 0.203 e. The van der Waals surface area contributed by atoms with Gasteiger partial charge in [-0.05, 0) is 18.2 Å². The van der Waals surface area contributed by atoms with E-state index in [1.165, 1.54) is 10.9 Å². The zero-order valence-electron chi connectivity index (χ0n) is 7.05. The molecular formula is C9H5BrN4. The van der Waals surface area contributed by atoms with Crippen molar-refractivity contribution in [2.24, 2.45) is 0 Å². The third-order valence-corrected chi connectivity index (χ3v) is 2.21. The summed E-state index contributed by atoms with van der Waals surface area (Å²) in [6.07, 6.45) is 1.43. The summed E-state index contributed by atoms with van der Waals surface area (Å²) in [5.41, 5.74) is 1.23. The monoisotopic (exact) mass is 248 g/mol. The summed E-state index contributed by atoms with van der Waals surface area (Å²) in [4.78, 5) is 0. The SMILES string of the molecule is N#Cc1cnnn1-c1cccc(Br)c1. The standard InChI is InChI=1S/C9H5BrN4/c10-7-2-1-3-8(4-7)14-9(5-11)6-12-13-14/h1-4,6H. The Hall–Kier alpha value is -1.67. The van der Waals surface area contributed by atoms with E-state index in [4.69, 9.17) is 5.26 Å². The Morgan fingerprint density at radius 2 is 2.29 bits per heavy atom. The molecular weight excluding hydrogens is 244 g/mol. The van der Waals surface area contributed by atoms with Gasteiger partial charge in [-0.25, -0.2) is 4.68 Å². The smallest absolute Gasteiger partial charge is 0.164 e. The van der Waals surface area contributed by atoms with Gasteiger partial charge < -0.3 is 0 Å². The normalized spacial score (nSPS) is 9.71. The molecule has 0 bridgehead atoms. The van der Waals surface area contributed by atoms with E-state index in [2.05, 4.69) is 26.2 Å². The molecule has 14 heavy (non-hydrogen) atoms. The minimum absolute atomic E-state index is 0.420. The van der Waals surface area contributed by atoms with Gasteiger partial charge in [-0.2, -0.15) is 5.26 Å². The maximum atomic E-state index is 8.78. The van der Waals surface area contributed by atoms with E-state index in [1.807, 2.05) is 30.3 Å². The maximum Gasteiger partial charge on any atom is 0.164 e. The molecule has 4 nitrogen and oxygen atoms in total. The summed E-state index contributed by atoms with van der Waals surface area (Å²) in [5, 5.41) is 16.3. The Labute approximate surface area is 88.9 Å². The van der Waals surface area contributed by atoms with Crippen LogP contribution in [0.4, 0.5) is 0 Å². The molecule has 0 N–H and O–H groups in total. The molecule has 1 aromatic heterocycles. The quantitative estimate of drug-likeness (QED) is 0.775. The highest BCUT2D eigenvalue weighted by atomic mass is 79.9. The first-order valence-corrected chi connectivity index (χ1v) is 4.67. The molecule has 1 heterocycles. The predicted molar refractivity (Wildman–Crippen MR) is 53.8 cm³/mol. The number of hydrogen-bond donors (Lipinski definition) is 0. The fourth-order valence-electron chi connectivity index (χ4n) is 1.11. The Kier molecular flexibility index (Phi) is 2.29. The molecule has 0 saturated carbocycles. The fourth-order valence-corrected chi connectivity index (χ4v) is 1.50. The van der Waals surface area contributed by atoms with Crippen molar-refractivity contribution in [3.05, 3.63) is 40.6 Å². The average molecular weight is 249 g/mol. The molecule has 5 heteroatoms.